The average molecular weight is 324 g/mol. The van der Waals surface area contributed by atoms with Crippen LogP contribution in [0.1, 0.15) is 5.56 Å². The van der Waals surface area contributed by atoms with Crippen LogP contribution in [0.25, 0.3) is 21.6 Å². The van der Waals surface area contributed by atoms with E-state index in [0.29, 0.717) is 0 Å². The van der Waals surface area contributed by atoms with Gasteiger partial charge in [-0.1, -0.05) is 23.5 Å². The summed E-state index contributed by atoms with van der Waals surface area (Å²) in [7, 11) is 0. The zero-order valence-electron chi connectivity index (χ0n) is 11.8. The van der Waals surface area contributed by atoms with Gasteiger partial charge in [-0.05, 0) is 36.8 Å². The minimum absolute atomic E-state index is 0.830. The molecule has 0 bridgehead atoms. The van der Waals surface area contributed by atoms with Crippen LogP contribution in [0.2, 0.25) is 0 Å². The van der Waals surface area contributed by atoms with Crippen molar-refractivity contribution in [1.82, 2.24) is 15.0 Å². The topological polar surface area (TPSA) is 50.7 Å². The quantitative estimate of drug-likeness (QED) is 0.584. The van der Waals surface area contributed by atoms with Crippen LogP contribution in [0.4, 0.5) is 10.3 Å². The number of pyridine rings is 1. The van der Waals surface area contributed by atoms with Crippen LogP contribution in [-0.2, 0) is 0 Å². The van der Waals surface area contributed by atoms with Crippen LogP contribution in [-0.4, -0.2) is 15.0 Å². The van der Waals surface area contributed by atoms with Gasteiger partial charge in [0.1, 0.15) is 5.69 Å². The molecule has 0 fully saturated rings. The van der Waals surface area contributed by atoms with Gasteiger partial charge in [0, 0.05) is 11.6 Å². The molecule has 0 unspecified atom stereocenters. The molecule has 0 saturated heterocycles. The highest BCUT2D eigenvalue weighted by Crippen LogP contribution is 2.31. The molecule has 1 aromatic carbocycles. The lowest BCUT2D eigenvalue weighted by Gasteiger charge is -1.95. The van der Waals surface area contributed by atoms with Crippen molar-refractivity contribution in [3.63, 3.8) is 0 Å². The molecule has 3 heterocycles. The van der Waals surface area contributed by atoms with E-state index in [0.717, 1.165) is 27.2 Å². The van der Waals surface area contributed by atoms with Crippen LogP contribution >= 0.6 is 22.7 Å². The molecule has 6 heteroatoms. The minimum atomic E-state index is 0.830. The molecule has 0 atom stereocenters. The summed E-state index contributed by atoms with van der Waals surface area (Å²) in [5.74, 6) is 0. The van der Waals surface area contributed by atoms with Crippen molar-refractivity contribution in [1.29, 1.82) is 0 Å². The first-order valence-electron chi connectivity index (χ1n) is 6.79. The van der Waals surface area contributed by atoms with Crippen molar-refractivity contribution in [3.8, 4) is 11.4 Å². The lowest BCUT2D eigenvalue weighted by molar-refractivity contribution is 1.27. The molecule has 4 rings (SSSR count). The molecule has 3 aromatic heterocycles. The van der Waals surface area contributed by atoms with Crippen molar-refractivity contribution in [2.75, 3.05) is 5.32 Å². The van der Waals surface area contributed by atoms with Crippen molar-refractivity contribution >= 4 is 43.2 Å². The Hall–Kier alpha value is -2.31. The molecular weight excluding hydrogens is 312 g/mol. The second-order valence-corrected chi connectivity index (χ2v) is 6.76. The van der Waals surface area contributed by atoms with Crippen molar-refractivity contribution in [3.05, 3.63) is 53.5 Å². The minimum Gasteiger partial charge on any atom is -0.307 e. The fourth-order valence-electron chi connectivity index (χ4n) is 2.14. The van der Waals surface area contributed by atoms with E-state index in [1.165, 1.54) is 10.3 Å². The van der Waals surface area contributed by atoms with Gasteiger partial charge in [0.15, 0.2) is 10.3 Å². The number of nitrogens with one attached hydrogen (secondary N) is 1. The number of nitrogens with zero attached hydrogens (tertiary/aromatic N) is 3. The lowest BCUT2D eigenvalue weighted by atomic mass is 10.2. The smallest absolute Gasteiger partial charge is 0.190 e. The molecule has 22 heavy (non-hydrogen) atoms. The fourth-order valence-corrected chi connectivity index (χ4v) is 3.87. The van der Waals surface area contributed by atoms with Gasteiger partial charge in [-0.3, -0.25) is 4.98 Å². The van der Waals surface area contributed by atoms with E-state index >= 15 is 0 Å². The Bertz CT molecular complexity index is 928. The highest BCUT2D eigenvalue weighted by atomic mass is 32.1. The van der Waals surface area contributed by atoms with E-state index in [9.17, 15) is 0 Å². The van der Waals surface area contributed by atoms with E-state index in [1.54, 1.807) is 28.9 Å². The number of aryl methyl sites for hydroxylation is 1. The summed E-state index contributed by atoms with van der Waals surface area (Å²) in [5, 5.41) is 6.99. The molecule has 0 aliphatic rings. The van der Waals surface area contributed by atoms with Gasteiger partial charge in [-0.25, -0.2) is 9.97 Å². The van der Waals surface area contributed by atoms with Crippen LogP contribution < -0.4 is 5.32 Å². The molecule has 0 amide bonds. The summed E-state index contributed by atoms with van der Waals surface area (Å²) < 4.78 is 1.18. The Morgan fingerprint density at radius 3 is 2.82 bits per heavy atom. The third-order valence-electron chi connectivity index (χ3n) is 3.19. The van der Waals surface area contributed by atoms with Crippen LogP contribution in [0.5, 0.6) is 0 Å². The van der Waals surface area contributed by atoms with Crippen LogP contribution in [0.3, 0.4) is 0 Å². The maximum absolute atomic E-state index is 4.59. The van der Waals surface area contributed by atoms with Gasteiger partial charge in [0.2, 0.25) is 0 Å². The molecule has 108 valence electrons. The first kappa shape index (κ1) is 13.4. The van der Waals surface area contributed by atoms with Gasteiger partial charge >= 0.3 is 0 Å². The molecule has 0 aliphatic carbocycles. The molecular formula is C16H12N4S2. The van der Waals surface area contributed by atoms with E-state index in [4.69, 9.17) is 0 Å². The lowest BCUT2D eigenvalue weighted by Crippen LogP contribution is -1.88. The monoisotopic (exact) mass is 324 g/mol. The summed E-state index contributed by atoms with van der Waals surface area (Å²) in [4.78, 5) is 13.5. The number of rotatable bonds is 3. The number of benzene rings is 1. The number of fused-ring (bicyclic) bond motifs is 1. The van der Waals surface area contributed by atoms with Crippen molar-refractivity contribution < 1.29 is 0 Å². The summed E-state index contributed by atoms with van der Waals surface area (Å²) in [6.07, 6.45) is 1.78. The Kier molecular flexibility index (Phi) is 3.32. The van der Waals surface area contributed by atoms with E-state index < -0.39 is 0 Å². The predicted molar refractivity (Wildman–Crippen MR) is 93.0 cm³/mol. The molecule has 1 N–H and O–H groups in total. The second kappa shape index (κ2) is 5.47. The average Bonchev–Trinajstić information content (AvgIpc) is 3.14. The summed E-state index contributed by atoms with van der Waals surface area (Å²) in [5.41, 5.74) is 4.02. The maximum atomic E-state index is 4.59. The number of hydrogen-bond donors (Lipinski definition) is 1. The molecule has 4 nitrogen and oxygen atoms in total. The molecule has 0 aliphatic heterocycles. The maximum Gasteiger partial charge on any atom is 0.190 e. The number of thiazole rings is 2. The Labute approximate surface area is 135 Å². The third-order valence-corrected chi connectivity index (χ3v) is 4.88. The first-order valence-corrected chi connectivity index (χ1v) is 8.49. The van der Waals surface area contributed by atoms with Gasteiger partial charge in [0.25, 0.3) is 0 Å². The van der Waals surface area contributed by atoms with Gasteiger partial charge in [0.05, 0.1) is 15.9 Å². The highest BCUT2D eigenvalue weighted by Gasteiger charge is 2.08. The van der Waals surface area contributed by atoms with Gasteiger partial charge < -0.3 is 5.32 Å². The summed E-state index contributed by atoms with van der Waals surface area (Å²) in [6.45, 7) is 2.09. The van der Waals surface area contributed by atoms with E-state index in [1.807, 2.05) is 29.6 Å². The molecule has 0 spiro atoms. The molecule has 0 saturated carbocycles. The number of hydrogen-bond acceptors (Lipinski definition) is 6. The SMILES string of the molecule is Cc1ccc2nc(Nc3nc(-c4ccccn4)cs3)sc2c1. The van der Waals surface area contributed by atoms with E-state index in [2.05, 4.69) is 39.3 Å². The van der Waals surface area contributed by atoms with Crippen LogP contribution in [0.15, 0.2) is 48.0 Å². The molecule has 4 aromatic rings. The number of anilines is 2. The van der Waals surface area contributed by atoms with Crippen LogP contribution in [0, 0.1) is 6.92 Å². The molecule has 0 radical (unpaired) electrons. The highest BCUT2D eigenvalue weighted by molar-refractivity contribution is 7.22. The Morgan fingerprint density at radius 2 is 1.95 bits per heavy atom. The second-order valence-electron chi connectivity index (χ2n) is 4.87. The third kappa shape index (κ3) is 2.58. The van der Waals surface area contributed by atoms with Crippen molar-refractivity contribution in [2.24, 2.45) is 0 Å². The summed E-state index contributed by atoms with van der Waals surface area (Å²) >= 11 is 3.20. The summed E-state index contributed by atoms with van der Waals surface area (Å²) in [6, 6.07) is 12.1. The standard InChI is InChI=1S/C16H12N4S2/c1-10-5-6-12-14(8-10)22-16(18-12)20-15-19-13(9-21-15)11-4-2-3-7-17-11/h2-9H,1H3,(H,18,19,20). The first-order chi connectivity index (χ1) is 10.8. The van der Waals surface area contributed by atoms with E-state index in [-0.39, 0.29) is 0 Å². The van der Waals surface area contributed by atoms with Crippen molar-refractivity contribution in [2.45, 2.75) is 6.92 Å². The number of aromatic nitrogens is 3. The largest absolute Gasteiger partial charge is 0.307 e. The van der Waals surface area contributed by atoms with Gasteiger partial charge in [-0.2, -0.15) is 0 Å². The zero-order chi connectivity index (χ0) is 14.9. The predicted octanol–water partition coefficient (Wildman–Crippen LogP) is 4.87. The Morgan fingerprint density at radius 1 is 1.00 bits per heavy atom. The Balaban J connectivity index is 1.61. The zero-order valence-corrected chi connectivity index (χ0v) is 13.4. The van der Waals surface area contributed by atoms with Gasteiger partial charge in [-0.15, -0.1) is 11.3 Å². The normalized spacial score (nSPS) is 11.0. The fraction of sp³-hybridized carbons (Fsp3) is 0.0625.